The molecule has 0 spiro atoms. The first kappa shape index (κ1) is 16.7. The van der Waals surface area contributed by atoms with E-state index in [9.17, 15) is 9.59 Å². The molecule has 1 aliphatic rings. The highest BCUT2D eigenvalue weighted by molar-refractivity contribution is 6.35. The Morgan fingerprint density at radius 1 is 1.38 bits per heavy atom. The van der Waals surface area contributed by atoms with Crippen molar-refractivity contribution in [2.45, 2.75) is 26.2 Å². The van der Waals surface area contributed by atoms with Crippen molar-refractivity contribution in [3.8, 4) is 0 Å². The second kappa shape index (κ2) is 7.18. The zero-order valence-electron chi connectivity index (χ0n) is 13.6. The zero-order chi connectivity index (χ0) is 17.1. The molecule has 2 amide bonds. The quantitative estimate of drug-likeness (QED) is 0.926. The number of hydrogen-bond acceptors (Lipinski definition) is 3. The number of benzene rings is 1. The third-order valence-corrected chi connectivity index (χ3v) is 4.75. The molecule has 1 saturated heterocycles. The van der Waals surface area contributed by atoms with Crippen LogP contribution in [0.25, 0.3) is 10.9 Å². The summed E-state index contributed by atoms with van der Waals surface area (Å²) in [4.78, 5) is 30.6. The van der Waals surface area contributed by atoms with Crippen molar-refractivity contribution in [3.63, 3.8) is 0 Å². The molecule has 0 bridgehead atoms. The predicted octanol–water partition coefficient (Wildman–Crippen LogP) is 3.48. The second-order valence-corrected chi connectivity index (χ2v) is 6.42. The van der Waals surface area contributed by atoms with Crippen LogP contribution in [-0.2, 0) is 9.59 Å². The number of nitrogens with one attached hydrogen (secondary N) is 1. The van der Waals surface area contributed by atoms with Crippen LogP contribution >= 0.6 is 11.6 Å². The fourth-order valence-corrected chi connectivity index (χ4v) is 3.33. The Hall–Kier alpha value is -2.14. The minimum atomic E-state index is -0.191. The van der Waals surface area contributed by atoms with Gasteiger partial charge in [0.1, 0.15) is 0 Å². The van der Waals surface area contributed by atoms with Crippen LogP contribution in [0, 0.1) is 5.92 Å². The maximum absolute atomic E-state index is 12.6. The summed E-state index contributed by atoms with van der Waals surface area (Å²) in [6.07, 6.45) is 3.79. The molecule has 1 aromatic heterocycles. The molecule has 1 aromatic carbocycles. The third kappa shape index (κ3) is 3.36. The maximum Gasteiger partial charge on any atom is 0.229 e. The minimum Gasteiger partial charge on any atom is -0.342 e. The van der Waals surface area contributed by atoms with Crippen LogP contribution in [0.2, 0.25) is 5.02 Å². The van der Waals surface area contributed by atoms with Crippen LogP contribution in [0.5, 0.6) is 0 Å². The Balaban J connectivity index is 1.78. The lowest BCUT2D eigenvalue weighted by molar-refractivity contribution is -0.134. The summed E-state index contributed by atoms with van der Waals surface area (Å²) in [5.74, 6) is -0.160. The van der Waals surface area contributed by atoms with Gasteiger partial charge in [0, 0.05) is 31.1 Å². The lowest BCUT2D eigenvalue weighted by atomic mass is 9.96. The molecule has 1 aliphatic heterocycles. The molecular formula is C18H20ClN3O2. The number of pyridine rings is 1. The number of carbonyl (C=O) groups excluding carboxylic acids is 2. The van der Waals surface area contributed by atoms with Crippen molar-refractivity contribution in [2.75, 3.05) is 18.4 Å². The number of likely N-dealkylation sites (tertiary alicyclic amines) is 1. The van der Waals surface area contributed by atoms with Crippen molar-refractivity contribution in [1.82, 2.24) is 9.88 Å². The van der Waals surface area contributed by atoms with Gasteiger partial charge in [-0.25, -0.2) is 0 Å². The van der Waals surface area contributed by atoms with E-state index < -0.39 is 0 Å². The number of aromatic nitrogens is 1. The normalized spacial score (nSPS) is 17.8. The van der Waals surface area contributed by atoms with E-state index in [1.165, 1.54) is 0 Å². The van der Waals surface area contributed by atoms with Gasteiger partial charge < -0.3 is 10.2 Å². The van der Waals surface area contributed by atoms with Gasteiger partial charge in [-0.3, -0.25) is 14.6 Å². The van der Waals surface area contributed by atoms with E-state index in [1.54, 1.807) is 23.2 Å². The fourth-order valence-electron chi connectivity index (χ4n) is 3.11. The van der Waals surface area contributed by atoms with Crippen LogP contribution in [0.15, 0.2) is 30.5 Å². The van der Waals surface area contributed by atoms with E-state index in [0.717, 1.165) is 24.8 Å². The Bertz CT molecular complexity index is 778. The van der Waals surface area contributed by atoms with E-state index in [4.69, 9.17) is 11.6 Å². The first-order chi connectivity index (χ1) is 11.6. The predicted molar refractivity (Wildman–Crippen MR) is 95.0 cm³/mol. The number of anilines is 1. The van der Waals surface area contributed by atoms with Gasteiger partial charge in [0.2, 0.25) is 11.8 Å². The van der Waals surface area contributed by atoms with Gasteiger partial charge in [-0.15, -0.1) is 0 Å². The van der Waals surface area contributed by atoms with E-state index in [-0.39, 0.29) is 17.7 Å². The van der Waals surface area contributed by atoms with E-state index in [2.05, 4.69) is 10.3 Å². The molecule has 5 nitrogen and oxygen atoms in total. The molecule has 2 aromatic rings. The number of rotatable bonds is 3. The van der Waals surface area contributed by atoms with E-state index in [0.29, 0.717) is 29.2 Å². The van der Waals surface area contributed by atoms with Crippen LogP contribution in [-0.4, -0.2) is 34.8 Å². The number of hydrogen-bond donors (Lipinski definition) is 1. The number of amides is 2. The minimum absolute atomic E-state index is 0.0714. The van der Waals surface area contributed by atoms with Gasteiger partial charge >= 0.3 is 0 Å². The Morgan fingerprint density at radius 2 is 2.21 bits per heavy atom. The summed E-state index contributed by atoms with van der Waals surface area (Å²) < 4.78 is 0. The lowest BCUT2D eigenvalue weighted by Crippen LogP contribution is -2.43. The van der Waals surface area contributed by atoms with Gasteiger partial charge in [-0.1, -0.05) is 18.5 Å². The average Bonchev–Trinajstić information content (AvgIpc) is 2.63. The zero-order valence-corrected chi connectivity index (χ0v) is 14.3. The molecule has 0 saturated carbocycles. The van der Waals surface area contributed by atoms with Crippen LogP contribution < -0.4 is 5.32 Å². The smallest absolute Gasteiger partial charge is 0.229 e. The van der Waals surface area contributed by atoms with Crippen molar-refractivity contribution >= 4 is 40.0 Å². The summed E-state index contributed by atoms with van der Waals surface area (Å²) in [7, 11) is 0. The molecule has 2 heterocycles. The summed E-state index contributed by atoms with van der Waals surface area (Å²) in [5, 5.41) is 4.38. The molecule has 0 aliphatic carbocycles. The number of nitrogens with zero attached hydrogens (tertiary/aromatic N) is 2. The molecule has 1 unspecified atom stereocenters. The Labute approximate surface area is 146 Å². The van der Waals surface area contributed by atoms with Gasteiger partial charge in [0.15, 0.2) is 0 Å². The highest BCUT2D eigenvalue weighted by Crippen LogP contribution is 2.29. The number of fused-ring (bicyclic) bond motifs is 1. The van der Waals surface area contributed by atoms with Gasteiger partial charge in [-0.05, 0) is 37.1 Å². The molecule has 6 heteroatoms. The van der Waals surface area contributed by atoms with Crippen LogP contribution in [0.1, 0.15) is 26.2 Å². The average molecular weight is 346 g/mol. The maximum atomic E-state index is 12.6. The summed E-state index contributed by atoms with van der Waals surface area (Å²) >= 11 is 6.19. The van der Waals surface area contributed by atoms with Crippen molar-refractivity contribution in [3.05, 3.63) is 35.5 Å². The highest BCUT2D eigenvalue weighted by Gasteiger charge is 2.28. The number of halogens is 1. The third-order valence-electron chi connectivity index (χ3n) is 4.42. The molecular weight excluding hydrogens is 326 g/mol. The van der Waals surface area contributed by atoms with Gasteiger partial charge in [0.05, 0.1) is 22.1 Å². The molecule has 1 fully saturated rings. The number of carbonyl (C=O) groups is 2. The first-order valence-corrected chi connectivity index (χ1v) is 8.59. The SMILES string of the molecule is CCC(=O)N1CCCC(C(=O)Nc2ccc(Cl)c3cccnc23)C1. The highest BCUT2D eigenvalue weighted by atomic mass is 35.5. The molecule has 24 heavy (non-hydrogen) atoms. The molecule has 1 N–H and O–H groups in total. The van der Waals surface area contributed by atoms with Crippen molar-refractivity contribution < 1.29 is 9.59 Å². The van der Waals surface area contributed by atoms with E-state index >= 15 is 0 Å². The lowest BCUT2D eigenvalue weighted by Gasteiger charge is -2.32. The Morgan fingerprint density at radius 3 is 3.00 bits per heavy atom. The van der Waals surface area contributed by atoms with Crippen molar-refractivity contribution in [2.24, 2.45) is 5.92 Å². The standard InChI is InChI=1S/C18H20ClN3O2/c1-2-16(23)22-10-4-5-12(11-22)18(24)21-15-8-7-14(19)13-6-3-9-20-17(13)15/h3,6-9,12H,2,4-5,10-11H2,1H3,(H,21,24). The largest absolute Gasteiger partial charge is 0.342 e. The molecule has 126 valence electrons. The molecule has 3 rings (SSSR count). The Kier molecular flexibility index (Phi) is 5.00. The summed E-state index contributed by atoms with van der Waals surface area (Å²) in [6.45, 7) is 3.07. The van der Waals surface area contributed by atoms with Gasteiger partial charge in [-0.2, -0.15) is 0 Å². The van der Waals surface area contributed by atoms with Gasteiger partial charge in [0.25, 0.3) is 0 Å². The van der Waals surface area contributed by atoms with E-state index in [1.807, 2.05) is 19.1 Å². The molecule has 1 atom stereocenters. The monoisotopic (exact) mass is 345 g/mol. The van der Waals surface area contributed by atoms with Crippen LogP contribution in [0.3, 0.4) is 0 Å². The fraction of sp³-hybridized carbons (Fsp3) is 0.389. The van der Waals surface area contributed by atoms with Crippen molar-refractivity contribution in [1.29, 1.82) is 0 Å². The summed E-state index contributed by atoms with van der Waals surface area (Å²) in [6, 6.07) is 7.22. The molecule has 0 radical (unpaired) electrons. The second-order valence-electron chi connectivity index (χ2n) is 6.02. The topological polar surface area (TPSA) is 62.3 Å². The number of piperidine rings is 1. The van der Waals surface area contributed by atoms with Crippen LogP contribution in [0.4, 0.5) is 5.69 Å². The summed E-state index contributed by atoms with van der Waals surface area (Å²) in [5.41, 5.74) is 1.33. The first-order valence-electron chi connectivity index (χ1n) is 8.22.